The van der Waals surface area contributed by atoms with Gasteiger partial charge in [0.1, 0.15) is 0 Å². The van der Waals surface area contributed by atoms with Gasteiger partial charge in [0.25, 0.3) is 0 Å². The lowest BCUT2D eigenvalue weighted by molar-refractivity contribution is 0.528. The number of benzene rings is 1. The molecule has 3 rings (SSSR count). The van der Waals surface area contributed by atoms with Crippen molar-refractivity contribution in [3.05, 3.63) is 53.6 Å². The van der Waals surface area contributed by atoms with E-state index in [1.54, 1.807) is 24.5 Å². The molecule has 3 aromatic rings. The summed E-state index contributed by atoms with van der Waals surface area (Å²) in [6.45, 7) is 0. The Morgan fingerprint density at radius 1 is 1.05 bits per heavy atom. The molecule has 0 aliphatic heterocycles. The highest BCUT2D eigenvalue weighted by molar-refractivity contribution is 7.98. The third-order valence-corrected chi connectivity index (χ3v) is 3.63. The predicted molar refractivity (Wildman–Crippen MR) is 76.3 cm³/mol. The standard InChI is InChI=1S/C13H9ClN4OS/c14-10-5-2-1-4-9(10)12-18-17-11(19-12)8-20-13-15-6-3-7-16-13/h1-7H,8H2. The largest absolute Gasteiger partial charge is 0.420 e. The lowest BCUT2D eigenvalue weighted by atomic mass is 10.2. The number of aromatic nitrogens is 4. The van der Waals surface area contributed by atoms with Crippen LogP contribution in [-0.4, -0.2) is 20.2 Å². The normalized spacial score (nSPS) is 10.7. The smallest absolute Gasteiger partial charge is 0.249 e. The minimum Gasteiger partial charge on any atom is -0.420 e. The van der Waals surface area contributed by atoms with Crippen molar-refractivity contribution >= 4 is 23.4 Å². The van der Waals surface area contributed by atoms with Gasteiger partial charge in [-0.1, -0.05) is 35.5 Å². The Labute approximate surface area is 124 Å². The van der Waals surface area contributed by atoms with Crippen molar-refractivity contribution < 1.29 is 4.42 Å². The lowest BCUT2D eigenvalue weighted by Gasteiger charge is -1.97. The summed E-state index contributed by atoms with van der Waals surface area (Å²) in [6.07, 6.45) is 3.39. The van der Waals surface area contributed by atoms with Crippen molar-refractivity contribution in [2.75, 3.05) is 0 Å². The van der Waals surface area contributed by atoms with E-state index in [2.05, 4.69) is 20.2 Å². The fraction of sp³-hybridized carbons (Fsp3) is 0.0769. The Bertz CT molecular complexity index is 704. The molecule has 0 saturated carbocycles. The van der Waals surface area contributed by atoms with Crippen LogP contribution in [0.4, 0.5) is 0 Å². The maximum atomic E-state index is 6.09. The molecule has 5 nitrogen and oxygen atoms in total. The van der Waals surface area contributed by atoms with E-state index in [1.807, 2.05) is 18.2 Å². The second-order valence-electron chi connectivity index (χ2n) is 3.80. The Hall–Kier alpha value is -1.92. The molecule has 0 fully saturated rings. The van der Waals surface area contributed by atoms with Crippen LogP contribution in [0.1, 0.15) is 5.89 Å². The van der Waals surface area contributed by atoms with Crippen molar-refractivity contribution in [2.24, 2.45) is 0 Å². The molecule has 1 aromatic carbocycles. The predicted octanol–water partition coefficient (Wildman–Crippen LogP) is 3.47. The second-order valence-corrected chi connectivity index (χ2v) is 5.15. The van der Waals surface area contributed by atoms with Gasteiger partial charge in [-0.3, -0.25) is 0 Å². The van der Waals surface area contributed by atoms with Gasteiger partial charge in [-0.15, -0.1) is 10.2 Å². The van der Waals surface area contributed by atoms with Crippen molar-refractivity contribution in [1.82, 2.24) is 20.2 Å². The maximum absolute atomic E-state index is 6.09. The van der Waals surface area contributed by atoms with Gasteiger partial charge in [-0.2, -0.15) is 0 Å². The number of rotatable bonds is 4. The maximum Gasteiger partial charge on any atom is 0.249 e. The molecular formula is C13H9ClN4OS. The van der Waals surface area contributed by atoms with Crippen LogP contribution in [0.2, 0.25) is 5.02 Å². The summed E-state index contributed by atoms with van der Waals surface area (Å²) in [7, 11) is 0. The zero-order chi connectivity index (χ0) is 13.8. The molecule has 20 heavy (non-hydrogen) atoms. The first-order valence-corrected chi connectivity index (χ1v) is 7.16. The molecule has 0 N–H and O–H groups in total. The highest BCUT2D eigenvalue weighted by atomic mass is 35.5. The van der Waals surface area contributed by atoms with Crippen LogP contribution in [0.3, 0.4) is 0 Å². The third-order valence-electron chi connectivity index (χ3n) is 2.44. The van der Waals surface area contributed by atoms with Crippen molar-refractivity contribution in [1.29, 1.82) is 0 Å². The number of hydrogen-bond acceptors (Lipinski definition) is 6. The monoisotopic (exact) mass is 304 g/mol. The van der Waals surface area contributed by atoms with E-state index in [-0.39, 0.29) is 0 Å². The summed E-state index contributed by atoms with van der Waals surface area (Å²) in [5, 5.41) is 9.26. The van der Waals surface area contributed by atoms with Gasteiger partial charge in [-0.25, -0.2) is 9.97 Å². The Morgan fingerprint density at radius 3 is 2.65 bits per heavy atom. The van der Waals surface area contributed by atoms with E-state index in [1.165, 1.54) is 11.8 Å². The number of hydrogen-bond donors (Lipinski definition) is 0. The Balaban J connectivity index is 1.73. The first-order valence-electron chi connectivity index (χ1n) is 5.80. The van der Waals surface area contributed by atoms with Crippen LogP contribution in [0.15, 0.2) is 52.3 Å². The lowest BCUT2D eigenvalue weighted by Crippen LogP contribution is -1.85. The molecule has 0 saturated heterocycles. The molecule has 0 spiro atoms. The first-order chi connectivity index (χ1) is 9.83. The summed E-state index contributed by atoms with van der Waals surface area (Å²) in [5.41, 5.74) is 0.730. The van der Waals surface area contributed by atoms with Gasteiger partial charge in [0, 0.05) is 12.4 Å². The van der Waals surface area contributed by atoms with Crippen LogP contribution >= 0.6 is 23.4 Å². The van der Waals surface area contributed by atoms with E-state index >= 15 is 0 Å². The Kier molecular flexibility index (Phi) is 3.94. The van der Waals surface area contributed by atoms with Gasteiger partial charge >= 0.3 is 0 Å². The quantitative estimate of drug-likeness (QED) is 0.543. The highest BCUT2D eigenvalue weighted by Gasteiger charge is 2.11. The molecule has 100 valence electrons. The van der Waals surface area contributed by atoms with E-state index in [4.69, 9.17) is 16.0 Å². The fourth-order valence-corrected chi connectivity index (χ4v) is 2.40. The topological polar surface area (TPSA) is 64.7 Å². The average Bonchev–Trinajstić information content (AvgIpc) is 2.95. The molecule has 7 heteroatoms. The van der Waals surface area contributed by atoms with Gasteiger partial charge in [0.2, 0.25) is 11.8 Å². The molecule has 0 atom stereocenters. The van der Waals surface area contributed by atoms with Crippen molar-refractivity contribution in [2.45, 2.75) is 10.9 Å². The number of halogens is 1. The van der Waals surface area contributed by atoms with Gasteiger partial charge in [0.05, 0.1) is 16.3 Å². The van der Waals surface area contributed by atoms with Crippen LogP contribution in [0.25, 0.3) is 11.5 Å². The third kappa shape index (κ3) is 2.97. The molecule has 0 radical (unpaired) electrons. The Morgan fingerprint density at radius 2 is 1.85 bits per heavy atom. The van der Waals surface area contributed by atoms with Gasteiger partial charge in [-0.05, 0) is 18.2 Å². The summed E-state index contributed by atoms with van der Waals surface area (Å²) < 4.78 is 5.59. The van der Waals surface area contributed by atoms with Gasteiger partial charge < -0.3 is 4.42 Å². The molecule has 0 aliphatic rings. The van der Waals surface area contributed by atoms with Crippen LogP contribution in [0.5, 0.6) is 0 Å². The molecular weight excluding hydrogens is 296 g/mol. The SMILES string of the molecule is Clc1ccccc1-c1nnc(CSc2ncccn2)o1. The van der Waals surface area contributed by atoms with Gasteiger partial charge in [0.15, 0.2) is 5.16 Å². The molecule has 0 amide bonds. The summed E-state index contributed by atoms with van der Waals surface area (Å²) >= 11 is 7.52. The molecule has 0 aliphatic carbocycles. The minimum atomic E-state index is 0.417. The second kappa shape index (κ2) is 6.02. The van der Waals surface area contributed by atoms with Crippen LogP contribution < -0.4 is 0 Å². The average molecular weight is 305 g/mol. The summed E-state index contributed by atoms with van der Waals surface area (Å²) in [4.78, 5) is 8.23. The molecule has 2 aromatic heterocycles. The zero-order valence-corrected chi connectivity index (χ0v) is 11.8. The summed E-state index contributed by atoms with van der Waals surface area (Å²) in [6, 6.07) is 9.12. The van der Waals surface area contributed by atoms with E-state index < -0.39 is 0 Å². The fourth-order valence-electron chi connectivity index (χ4n) is 1.54. The number of thioether (sulfide) groups is 1. The van der Waals surface area contributed by atoms with Crippen molar-refractivity contribution in [3.63, 3.8) is 0 Å². The van der Waals surface area contributed by atoms with Crippen LogP contribution in [-0.2, 0) is 5.75 Å². The number of nitrogens with zero attached hydrogens (tertiary/aromatic N) is 4. The summed E-state index contributed by atoms with van der Waals surface area (Å²) in [5.74, 6) is 1.44. The molecule has 2 heterocycles. The van der Waals surface area contributed by atoms with Crippen molar-refractivity contribution in [3.8, 4) is 11.5 Å². The molecule has 0 bridgehead atoms. The van der Waals surface area contributed by atoms with E-state index in [0.29, 0.717) is 27.7 Å². The zero-order valence-electron chi connectivity index (χ0n) is 10.2. The van der Waals surface area contributed by atoms with E-state index in [0.717, 1.165) is 5.56 Å². The van der Waals surface area contributed by atoms with Crippen LogP contribution in [0, 0.1) is 0 Å². The molecule has 0 unspecified atom stereocenters. The van der Waals surface area contributed by atoms with E-state index in [9.17, 15) is 0 Å². The first kappa shape index (κ1) is 13.1. The highest BCUT2D eigenvalue weighted by Crippen LogP contribution is 2.27. The minimum absolute atomic E-state index is 0.417.